The summed E-state index contributed by atoms with van der Waals surface area (Å²) in [6, 6.07) is 11.1. The highest BCUT2D eigenvalue weighted by Crippen LogP contribution is 2.43. The molecular weight excluding hydrogens is 363 g/mol. The first kappa shape index (κ1) is 15.5. The molecule has 2 aromatic carbocycles. The van der Waals surface area contributed by atoms with Crippen LogP contribution in [0.3, 0.4) is 0 Å². The standard InChI is InChI=1S/C15H13BrCl2O2/c1-19-9-6-7-10(13(8-9)20-2)15(16)14-11(17)4-3-5-12(14)18/h3-8,15H,1-2H3. The summed E-state index contributed by atoms with van der Waals surface area (Å²) < 4.78 is 10.6. The molecule has 0 radical (unpaired) electrons. The monoisotopic (exact) mass is 374 g/mol. The van der Waals surface area contributed by atoms with Gasteiger partial charge in [-0.3, -0.25) is 0 Å². The third-order valence-corrected chi connectivity index (χ3v) is 4.58. The highest BCUT2D eigenvalue weighted by Gasteiger charge is 2.20. The molecule has 0 spiro atoms. The minimum Gasteiger partial charge on any atom is -0.497 e. The summed E-state index contributed by atoms with van der Waals surface area (Å²) in [6.07, 6.45) is 0. The van der Waals surface area contributed by atoms with Crippen molar-refractivity contribution in [1.82, 2.24) is 0 Å². The molecule has 5 heteroatoms. The zero-order valence-electron chi connectivity index (χ0n) is 11.0. The van der Waals surface area contributed by atoms with Crippen molar-refractivity contribution in [1.29, 1.82) is 0 Å². The van der Waals surface area contributed by atoms with E-state index in [4.69, 9.17) is 32.7 Å². The van der Waals surface area contributed by atoms with Crippen molar-refractivity contribution in [2.75, 3.05) is 14.2 Å². The van der Waals surface area contributed by atoms with Crippen molar-refractivity contribution in [3.05, 3.63) is 57.6 Å². The Kier molecular flexibility index (Phi) is 5.19. The van der Waals surface area contributed by atoms with Crippen molar-refractivity contribution in [2.45, 2.75) is 4.83 Å². The first-order valence-corrected chi connectivity index (χ1v) is 7.55. The molecule has 0 amide bonds. The van der Waals surface area contributed by atoms with E-state index in [2.05, 4.69) is 15.9 Å². The Bertz CT molecular complexity index is 597. The van der Waals surface area contributed by atoms with E-state index in [1.807, 2.05) is 36.4 Å². The highest BCUT2D eigenvalue weighted by atomic mass is 79.9. The van der Waals surface area contributed by atoms with Crippen LogP contribution in [0.5, 0.6) is 11.5 Å². The van der Waals surface area contributed by atoms with Gasteiger partial charge in [0, 0.05) is 27.2 Å². The fraction of sp³-hybridized carbons (Fsp3) is 0.200. The minimum atomic E-state index is -0.162. The van der Waals surface area contributed by atoms with E-state index in [0.29, 0.717) is 15.8 Å². The number of methoxy groups -OCH3 is 2. The number of ether oxygens (including phenoxy) is 2. The first-order chi connectivity index (χ1) is 9.58. The van der Waals surface area contributed by atoms with Crippen LogP contribution in [0.15, 0.2) is 36.4 Å². The van der Waals surface area contributed by atoms with Gasteiger partial charge in [0.1, 0.15) is 11.5 Å². The molecule has 0 aliphatic heterocycles. The Morgan fingerprint density at radius 2 is 1.65 bits per heavy atom. The Labute approximate surface area is 136 Å². The van der Waals surface area contributed by atoms with Gasteiger partial charge in [0.2, 0.25) is 0 Å². The van der Waals surface area contributed by atoms with E-state index in [1.165, 1.54) is 0 Å². The quantitative estimate of drug-likeness (QED) is 0.657. The number of benzene rings is 2. The molecule has 0 aliphatic carbocycles. The summed E-state index contributed by atoms with van der Waals surface area (Å²) in [5.74, 6) is 1.44. The lowest BCUT2D eigenvalue weighted by Crippen LogP contribution is -1.99. The molecule has 106 valence electrons. The SMILES string of the molecule is COc1ccc(C(Br)c2c(Cl)cccc2Cl)c(OC)c1. The summed E-state index contributed by atoms with van der Waals surface area (Å²) in [5, 5.41) is 1.22. The number of alkyl halides is 1. The molecule has 0 fully saturated rings. The van der Waals surface area contributed by atoms with Crippen molar-refractivity contribution in [3.63, 3.8) is 0 Å². The third-order valence-electron chi connectivity index (χ3n) is 2.97. The van der Waals surface area contributed by atoms with E-state index in [1.54, 1.807) is 14.2 Å². The zero-order valence-corrected chi connectivity index (χ0v) is 14.1. The molecular formula is C15H13BrCl2O2. The smallest absolute Gasteiger partial charge is 0.127 e. The molecule has 0 bridgehead atoms. The molecule has 0 N–H and O–H groups in total. The lowest BCUT2D eigenvalue weighted by molar-refractivity contribution is 0.391. The summed E-state index contributed by atoms with van der Waals surface area (Å²) in [5.41, 5.74) is 1.75. The summed E-state index contributed by atoms with van der Waals surface area (Å²) in [4.78, 5) is -0.162. The molecule has 2 rings (SSSR count). The van der Waals surface area contributed by atoms with Crippen molar-refractivity contribution in [2.24, 2.45) is 0 Å². The van der Waals surface area contributed by atoms with Crippen molar-refractivity contribution >= 4 is 39.1 Å². The zero-order chi connectivity index (χ0) is 14.7. The average molecular weight is 376 g/mol. The Balaban J connectivity index is 2.50. The topological polar surface area (TPSA) is 18.5 Å². The van der Waals surface area contributed by atoms with Crippen LogP contribution in [0, 0.1) is 0 Å². The second kappa shape index (κ2) is 6.70. The van der Waals surface area contributed by atoms with Gasteiger partial charge in [-0.05, 0) is 18.2 Å². The van der Waals surface area contributed by atoms with E-state index >= 15 is 0 Å². The second-order valence-corrected chi connectivity index (χ2v) is 5.84. The normalized spacial score (nSPS) is 12.1. The van der Waals surface area contributed by atoms with Crippen LogP contribution in [-0.4, -0.2) is 14.2 Å². The summed E-state index contributed by atoms with van der Waals surface area (Å²) >= 11 is 16.1. The van der Waals surface area contributed by atoms with E-state index < -0.39 is 0 Å². The van der Waals surface area contributed by atoms with Crippen LogP contribution >= 0.6 is 39.1 Å². The Morgan fingerprint density at radius 1 is 1.00 bits per heavy atom. The fourth-order valence-electron chi connectivity index (χ4n) is 1.94. The van der Waals surface area contributed by atoms with Gasteiger partial charge in [0.15, 0.2) is 0 Å². The van der Waals surface area contributed by atoms with Gasteiger partial charge in [-0.25, -0.2) is 0 Å². The van der Waals surface area contributed by atoms with E-state index in [0.717, 1.165) is 16.9 Å². The van der Waals surface area contributed by atoms with Gasteiger partial charge in [-0.15, -0.1) is 0 Å². The number of halogens is 3. The van der Waals surface area contributed by atoms with Crippen molar-refractivity contribution in [3.8, 4) is 11.5 Å². The maximum Gasteiger partial charge on any atom is 0.127 e. The fourth-order valence-corrected chi connectivity index (χ4v) is 3.69. The maximum atomic E-state index is 6.25. The third kappa shape index (κ3) is 3.05. The second-order valence-electron chi connectivity index (χ2n) is 4.11. The minimum absolute atomic E-state index is 0.162. The van der Waals surface area contributed by atoms with Gasteiger partial charge in [0.25, 0.3) is 0 Å². The molecule has 0 saturated heterocycles. The van der Waals surface area contributed by atoms with Gasteiger partial charge < -0.3 is 9.47 Å². The van der Waals surface area contributed by atoms with Crippen LogP contribution < -0.4 is 9.47 Å². The van der Waals surface area contributed by atoms with Gasteiger partial charge >= 0.3 is 0 Å². The average Bonchev–Trinajstić information content (AvgIpc) is 2.46. The Morgan fingerprint density at radius 3 is 2.20 bits per heavy atom. The van der Waals surface area contributed by atoms with E-state index in [9.17, 15) is 0 Å². The molecule has 0 aliphatic rings. The molecule has 0 heterocycles. The van der Waals surface area contributed by atoms with Crippen LogP contribution in [0.2, 0.25) is 10.0 Å². The molecule has 0 aromatic heterocycles. The van der Waals surface area contributed by atoms with Gasteiger partial charge in [-0.2, -0.15) is 0 Å². The Hall–Kier alpha value is -0.900. The van der Waals surface area contributed by atoms with Crippen LogP contribution in [-0.2, 0) is 0 Å². The van der Waals surface area contributed by atoms with Crippen molar-refractivity contribution < 1.29 is 9.47 Å². The predicted molar refractivity (Wildman–Crippen MR) is 86.8 cm³/mol. The molecule has 2 aromatic rings. The predicted octanol–water partition coefficient (Wildman–Crippen LogP) is 5.49. The largest absolute Gasteiger partial charge is 0.497 e. The summed E-state index contributed by atoms with van der Waals surface area (Å²) in [6.45, 7) is 0. The molecule has 0 saturated carbocycles. The van der Waals surface area contributed by atoms with Crippen LogP contribution in [0.25, 0.3) is 0 Å². The van der Waals surface area contributed by atoms with E-state index in [-0.39, 0.29) is 4.83 Å². The number of hydrogen-bond donors (Lipinski definition) is 0. The molecule has 20 heavy (non-hydrogen) atoms. The molecule has 1 atom stereocenters. The van der Waals surface area contributed by atoms with Crippen LogP contribution in [0.4, 0.5) is 0 Å². The number of hydrogen-bond acceptors (Lipinski definition) is 2. The molecule has 2 nitrogen and oxygen atoms in total. The highest BCUT2D eigenvalue weighted by molar-refractivity contribution is 9.09. The lowest BCUT2D eigenvalue weighted by Gasteiger charge is -2.17. The number of rotatable bonds is 4. The van der Waals surface area contributed by atoms with Gasteiger partial charge in [0.05, 0.1) is 19.0 Å². The lowest BCUT2D eigenvalue weighted by atomic mass is 10.0. The first-order valence-electron chi connectivity index (χ1n) is 5.88. The van der Waals surface area contributed by atoms with Crippen LogP contribution in [0.1, 0.15) is 16.0 Å². The van der Waals surface area contributed by atoms with Gasteiger partial charge in [-0.1, -0.05) is 51.3 Å². The molecule has 1 unspecified atom stereocenters. The summed E-state index contributed by atoms with van der Waals surface area (Å²) in [7, 11) is 3.23. The maximum absolute atomic E-state index is 6.25.